The Morgan fingerprint density at radius 1 is 0.629 bits per heavy atom. The van der Waals surface area contributed by atoms with E-state index in [1.54, 1.807) is 0 Å². The summed E-state index contributed by atoms with van der Waals surface area (Å²) in [7, 11) is -8.12. The standard InChI is InChI=1S/C22H23N3O8S2/c23-15-2-4-16(5-3-15)34(30,31)24-7-9-25(10-8-24)35(32,33)22-13-21(29)20(28)12-17(22)14-1-6-18(26)19(27)11-14/h1-6,11-13,26-29H,7-10,23H2. The molecule has 0 saturated carbocycles. The summed E-state index contributed by atoms with van der Waals surface area (Å²) >= 11 is 0. The van der Waals surface area contributed by atoms with E-state index in [2.05, 4.69) is 0 Å². The molecule has 3 aromatic rings. The van der Waals surface area contributed by atoms with Crippen LogP contribution < -0.4 is 5.73 Å². The van der Waals surface area contributed by atoms with Gasteiger partial charge in [-0.2, -0.15) is 8.61 Å². The van der Waals surface area contributed by atoms with Gasteiger partial charge >= 0.3 is 0 Å². The quantitative estimate of drug-likeness (QED) is 0.245. The maximum absolute atomic E-state index is 13.5. The highest BCUT2D eigenvalue weighted by molar-refractivity contribution is 7.89. The molecule has 1 fully saturated rings. The van der Waals surface area contributed by atoms with E-state index in [4.69, 9.17) is 5.73 Å². The van der Waals surface area contributed by atoms with Crippen LogP contribution in [0.5, 0.6) is 23.0 Å². The molecule has 11 nitrogen and oxygen atoms in total. The van der Waals surface area contributed by atoms with Crippen molar-refractivity contribution >= 4 is 25.7 Å². The van der Waals surface area contributed by atoms with Crippen LogP contribution in [0.15, 0.2) is 64.4 Å². The van der Waals surface area contributed by atoms with Crippen molar-refractivity contribution in [1.29, 1.82) is 0 Å². The number of phenolic OH excluding ortho intramolecular Hbond substituents is 4. The Labute approximate surface area is 202 Å². The van der Waals surface area contributed by atoms with Crippen LogP contribution >= 0.6 is 0 Å². The zero-order valence-corrected chi connectivity index (χ0v) is 19.9. The molecule has 0 amide bonds. The lowest BCUT2D eigenvalue weighted by atomic mass is 10.0. The van der Waals surface area contributed by atoms with E-state index in [0.29, 0.717) is 5.69 Å². The van der Waals surface area contributed by atoms with Crippen molar-refractivity contribution in [3.63, 3.8) is 0 Å². The first-order valence-corrected chi connectivity index (χ1v) is 13.2. The van der Waals surface area contributed by atoms with Crippen molar-refractivity contribution in [2.75, 3.05) is 31.9 Å². The second-order valence-corrected chi connectivity index (χ2v) is 11.8. The van der Waals surface area contributed by atoms with Crippen LogP contribution in [0, 0.1) is 0 Å². The topological polar surface area (TPSA) is 182 Å². The van der Waals surface area contributed by atoms with E-state index in [0.717, 1.165) is 28.6 Å². The molecule has 13 heteroatoms. The molecule has 1 aliphatic heterocycles. The molecular weight excluding hydrogens is 498 g/mol. The van der Waals surface area contributed by atoms with Gasteiger partial charge in [0.15, 0.2) is 23.0 Å². The van der Waals surface area contributed by atoms with E-state index < -0.39 is 43.0 Å². The first-order chi connectivity index (χ1) is 16.4. The fourth-order valence-corrected chi connectivity index (χ4v) is 6.83. The summed E-state index contributed by atoms with van der Waals surface area (Å²) in [6, 6.07) is 11.2. The normalized spacial score (nSPS) is 15.8. The molecule has 0 spiro atoms. The third kappa shape index (κ3) is 4.58. The Kier molecular flexibility index (Phi) is 6.27. The molecule has 3 aromatic carbocycles. The molecule has 0 bridgehead atoms. The van der Waals surface area contributed by atoms with E-state index in [9.17, 15) is 37.3 Å². The lowest BCUT2D eigenvalue weighted by Gasteiger charge is -2.33. The van der Waals surface area contributed by atoms with Crippen molar-refractivity contribution in [3.05, 3.63) is 54.6 Å². The van der Waals surface area contributed by atoms with Gasteiger partial charge in [0.05, 0.1) is 9.79 Å². The summed E-state index contributed by atoms with van der Waals surface area (Å²) in [5.74, 6) is -2.16. The van der Waals surface area contributed by atoms with Gasteiger partial charge in [-0.25, -0.2) is 16.8 Å². The molecule has 186 valence electrons. The van der Waals surface area contributed by atoms with Gasteiger partial charge in [0.1, 0.15) is 0 Å². The number of phenols is 4. The van der Waals surface area contributed by atoms with Crippen molar-refractivity contribution in [2.45, 2.75) is 9.79 Å². The zero-order valence-electron chi connectivity index (χ0n) is 18.2. The third-order valence-corrected chi connectivity index (χ3v) is 9.55. The minimum atomic E-state index is -4.26. The molecule has 0 atom stereocenters. The summed E-state index contributed by atoms with van der Waals surface area (Å²) < 4.78 is 55.1. The van der Waals surface area contributed by atoms with Gasteiger partial charge in [-0.3, -0.25) is 0 Å². The summed E-state index contributed by atoms with van der Waals surface area (Å²) in [6.45, 7) is -0.520. The number of hydrogen-bond donors (Lipinski definition) is 5. The molecule has 35 heavy (non-hydrogen) atoms. The number of piperazine rings is 1. The highest BCUT2D eigenvalue weighted by atomic mass is 32.2. The van der Waals surface area contributed by atoms with Gasteiger partial charge in [-0.1, -0.05) is 6.07 Å². The van der Waals surface area contributed by atoms with Gasteiger partial charge in [0.2, 0.25) is 20.0 Å². The van der Waals surface area contributed by atoms with Gasteiger partial charge < -0.3 is 26.2 Å². The number of aromatic hydroxyl groups is 4. The Morgan fingerprint density at radius 2 is 1.14 bits per heavy atom. The van der Waals surface area contributed by atoms with Crippen molar-refractivity contribution in [1.82, 2.24) is 8.61 Å². The van der Waals surface area contributed by atoms with Crippen LogP contribution in [-0.2, 0) is 20.0 Å². The number of nitrogen functional groups attached to an aromatic ring is 1. The van der Waals surface area contributed by atoms with E-state index in [1.807, 2.05) is 0 Å². The second-order valence-electron chi connectivity index (χ2n) is 7.92. The summed E-state index contributed by atoms with van der Waals surface area (Å²) in [4.78, 5) is -0.311. The number of nitrogens with zero attached hydrogens (tertiary/aromatic N) is 2. The molecule has 0 aromatic heterocycles. The maximum atomic E-state index is 13.5. The smallest absolute Gasteiger partial charge is 0.243 e. The van der Waals surface area contributed by atoms with Crippen LogP contribution in [0.4, 0.5) is 5.69 Å². The lowest BCUT2D eigenvalue weighted by molar-refractivity contribution is 0.273. The first kappa shape index (κ1) is 24.6. The predicted octanol–water partition coefficient (Wildman–Crippen LogP) is 1.45. The van der Waals surface area contributed by atoms with Crippen LogP contribution in [0.2, 0.25) is 0 Å². The van der Waals surface area contributed by atoms with Crippen LogP contribution in [-0.4, -0.2) is 72.1 Å². The zero-order chi connectivity index (χ0) is 25.5. The molecule has 4 rings (SSSR count). The van der Waals surface area contributed by atoms with Gasteiger partial charge in [-0.05, 0) is 48.0 Å². The number of benzene rings is 3. The molecule has 0 unspecified atom stereocenters. The van der Waals surface area contributed by atoms with Gasteiger partial charge in [-0.15, -0.1) is 0 Å². The van der Waals surface area contributed by atoms with Gasteiger partial charge in [0, 0.05) is 43.5 Å². The Bertz CT molecular complexity index is 1480. The molecule has 1 saturated heterocycles. The van der Waals surface area contributed by atoms with Crippen LogP contribution in [0.1, 0.15) is 0 Å². The molecule has 0 radical (unpaired) electrons. The SMILES string of the molecule is Nc1ccc(S(=O)(=O)N2CCN(S(=O)(=O)c3cc(O)c(O)cc3-c3ccc(O)c(O)c3)CC2)cc1. The number of hydrogen-bond acceptors (Lipinski definition) is 9. The van der Waals surface area contributed by atoms with Crippen molar-refractivity contribution in [3.8, 4) is 34.1 Å². The minimum absolute atomic E-state index is 0.0208. The summed E-state index contributed by atoms with van der Waals surface area (Å²) in [5, 5.41) is 39.4. The predicted molar refractivity (Wildman–Crippen MR) is 127 cm³/mol. The van der Waals surface area contributed by atoms with E-state index >= 15 is 0 Å². The third-order valence-electron chi connectivity index (χ3n) is 5.70. The number of rotatable bonds is 5. The summed E-state index contributed by atoms with van der Waals surface area (Å²) in [6.07, 6.45) is 0. The Morgan fingerprint density at radius 3 is 1.71 bits per heavy atom. The van der Waals surface area contributed by atoms with E-state index in [1.165, 1.54) is 34.6 Å². The lowest BCUT2D eigenvalue weighted by Crippen LogP contribution is -2.50. The largest absolute Gasteiger partial charge is 0.504 e. The Hall–Kier alpha value is -3.52. The second kappa shape index (κ2) is 8.92. The fourth-order valence-electron chi connectivity index (χ4n) is 3.77. The van der Waals surface area contributed by atoms with Crippen molar-refractivity contribution in [2.24, 2.45) is 0 Å². The number of sulfonamides is 2. The number of nitrogens with two attached hydrogens (primary N) is 1. The monoisotopic (exact) mass is 521 g/mol. The molecule has 6 N–H and O–H groups in total. The molecule has 0 aliphatic carbocycles. The minimum Gasteiger partial charge on any atom is -0.504 e. The Balaban J connectivity index is 1.64. The van der Waals surface area contributed by atoms with Crippen LogP contribution in [0.3, 0.4) is 0 Å². The van der Waals surface area contributed by atoms with E-state index in [-0.39, 0.29) is 47.1 Å². The highest BCUT2D eigenvalue weighted by Crippen LogP contribution is 2.40. The maximum Gasteiger partial charge on any atom is 0.243 e. The molecule has 1 aliphatic rings. The van der Waals surface area contributed by atoms with Crippen LogP contribution in [0.25, 0.3) is 11.1 Å². The number of anilines is 1. The first-order valence-electron chi connectivity index (χ1n) is 10.4. The van der Waals surface area contributed by atoms with Gasteiger partial charge in [0.25, 0.3) is 0 Å². The summed E-state index contributed by atoms with van der Waals surface area (Å²) in [5.41, 5.74) is 6.17. The fraction of sp³-hybridized carbons (Fsp3) is 0.182. The molecule has 1 heterocycles. The highest BCUT2D eigenvalue weighted by Gasteiger charge is 2.35. The average molecular weight is 522 g/mol. The molecular formula is C22H23N3O8S2. The average Bonchev–Trinajstić information content (AvgIpc) is 2.82. The van der Waals surface area contributed by atoms with Crippen molar-refractivity contribution < 1.29 is 37.3 Å².